The second-order valence-electron chi connectivity index (χ2n) is 4.66. The van der Waals surface area contributed by atoms with E-state index in [2.05, 4.69) is 5.32 Å². The third-order valence-corrected chi connectivity index (χ3v) is 3.29. The molecule has 0 spiro atoms. The van der Waals surface area contributed by atoms with E-state index in [9.17, 15) is 9.18 Å². The maximum Gasteiger partial charge on any atom is 0.317 e. The second-order valence-corrected chi connectivity index (χ2v) is 4.66. The van der Waals surface area contributed by atoms with Crippen LogP contribution in [0.25, 0.3) is 5.57 Å². The van der Waals surface area contributed by atoms with Crippen molar-refractivity contribution in [3.05, 3.63) is 41.7 Å². The number of nitrogens with zero attached hydrogens (tertiary/aromatic N) is 1. The van der Waals surface area contributed by atoms with Crippen molar-refractivity contribution in [3.63, 3.8) is 0 Å². The first-order chi connectivity index (χ1) is 9.70. The van der Waals surface area contributed by atoms with Gasteiger partial charge in [0.15, 0.2) is 0 Å². The first-order valence-corrected chi connectivity index (χ1v) is 6.67. The Morgan fingerprint density at radius 1 is 1.40 bits per heavy atom. The van der Waals surface area contributed by atoms with Crippen LogP contribution in [0, 0.1) is 5.82 Å². The number of carbonyl (C=O) groups is 1. The van der Waals surface area contributed by atoms with E-state index in [1.807, 2.05) is 6.08 Å². The molecule has 108 valence electrons. The van der Waals surface area contributed by atoms with Crippen molar-refractivity contribution in [1.29, 1.82) is 0 Å². The number of ether oxygens (including phenoxy) is 1. The van der Waals surface area contributed by atoms with Crippen LogP contribution < -0.4 is 5.32 Å². The largest absolute Gasteiger partial charge is 0.383 e. The highest BCUT2D eigenvalue weighted by atomic mass is 19.1. The molecule has 0 saturated carbocycles. The summed E-state index contributed by atoms with van der Waals surface area (Å²) in [5, 5.41) is 2.80. The van der Waals surface area contributed by atoms with Crippen molar-refractivity contribution in [2.24, 2.45) is 0 Å². The molecule has 1 N–H and O–H groups in total. The SMILES string of the molecule is COCCNC(=O)N1CC=C(c2ccc(F)cc2)CC1. The van der Waals surface area contributed by atoms with Crippen LogP contribution >= 0.6 is 0 Å². The molecule has 4 nitrogen and oxygen atoms in total. The molecule has 2 rings (SSSR count). The first-order valence-electron chi connectivity index (χ1n) is 6.67. The summed E-state index contributed by atoms with van der Waals surface area (Å²) in [6, 6.07) is 6.39. The predicted molar refractivity (Wildman–Crippen MR) is 75.8 cm³/mol. The summed E-state index contributed by atoms with van der Waals surface area (Å²) in [4.78, 5) is 13.6. The monoisotopic (exact) mass is 278 g/mol. The molecule has 0 fully saturated rings. The Labute approximate surface area is 118 Å². The lowest BCUT2D eigenvalue weighted by Gasteiger charge is -2.26. The topological polar surface area (TPSA) is 41.6 Å². The zero-order valence-electron chi connectivity index (χ0n) is 11.6. The molecular weight excluding hydrogens is 259 g/mol. The Morgan fingerprint density at radius 2 is 2.15 bits per heavy atom. The molecule has 0 atom stereocenters. The molecule has 0 unspecified atom stereocenters. The van der Waals surface area contributed by atoms with Gasteiger partial charge in [-0.2, -0.15) is 0 Å². The van der Waals surface area contributed by atoms with E-state index in [0.717, 1.165) is 17.6 Å². The minimum Gasteiger partial charge on any atom is -0.383 e. The van der Waals surface area contributed by atoms with Crippen LogP contribution in [0.4, 0.5) is 9.18 Å². The van der Waals surface area contributed by atoms with E-state index in [4.69, 9.17) is 4.74 Å². The molecule has 2 amide bonds. The van der Waals surface area contributed by atoms with Crippen molar-refractivity contribution >= 4 is 11.6 Å². The molecule has 5 heteroatoms. The first kappa shape index (κ1) is 14.5. The third-order valence-electron chi connectivity index (χ3n) is 3.29. The average Bonchev–Trinajstić information content (AvgIpc) is 2.48. The summed E-state index contributed by atoms with van der Waals surface area (Å²) < 4.78 is 17.8. The normalized spacial score (nSPS) is 14.9. The maximum absolute atomic E-state index is 12.9. The average molecular weight is 278 g/mol. The number of rotatable bonds is 4. The minimum absolute atomic E-state index is 0.0727. The lowest BCUT2D eigenvalue weighted by molar-refractivity contribution is 0.182. The van der Waals surface area contributed by atoms with Crippen molar-refractivity contribution in [2.45, 2.75) is 6.42 Å². The molecule has 1 aliphatic heterocycles. The summed E-state index contributed by atoms with van der Waals surface area (Å²) in [5.41, 5.74) is 2.18. The number of nitrogens with one attached hydrogen (secondary N) is 1. The van der Waals surface area contributed by atoms with Crippen LogP contribution in [-0.2, 0) is 4.74 Å². The Kier molecular flexibility index (Phi) is 5.12. The Hall–Kier alpha value is -1.88. The number of methoxy groups -OCH3 is 1. The number of urea groups is 1. The van der Waals surface area contributed by atoms with Gasteiger partial charge in [0.2, 0.25) is 0 Å². The van der Waals surface area contributed by atoms with Crippen LogP contribution in [0.3, 0.4) is 0 Å². The quantitative estimate of drug-likeness (QED) is 0.858. The van der Waals surface area contributed by atoms with Gasteiger partial charge in [-0.3, -0.25) is 0 Å². The van der Waals surface area contributed by atoms with Crippen LogP contribution in [0.2, 0.25) is 0 Å². The smallest absolute Gasteiger partial charge is 0.317 e. The summed E-state index contributed by atoms with van der Waals surface area (Å²) >= 11 is 0. The number of hydrogen-bond acceptors (Lipinski definition) is 2. The van der Waals surface area contributed by atoms with E-state index in [1.54, 1.807) is 24.1 Å². The van der Waals surface area contributed by atoms with Gasteiger partial charge in [0.05, 0.1) is 6.61 Å². The van der Waals surface area contributed by atoms with Crippen molar-refractivity contribution in [2.75, 3.05) is 33.4 Å². The zero-order chi connectivity index (χ0) is 14.4. The lowest BCUT2D eigenvalue weighted by Crippen LogP contribution is -2.43. The highest BCUT2D eigenvalue weighted by molar-refractivity contribution is 5.76. The molecule has 1 heterocycles. The Morgan fingerprint density at radius 3 is 2.75 bits per heavy atom. The van der Waals surface area contributed by atoms with Crippen LogP contribution in [0.5, 0.6) is 0 Å². The minimum atomic E-state index is -0.232. The van der Waals surface area contributed by atoms with E-state index >= 15 is 0 Å². The predicted octanol–water partition coefficient (Wildman–Crippen LogP) is 2.27. The standard InChI is InChI=1S/C15H19FN2O2/c1-20-11-8-17-15(19)18-9-6-13(7-10-18)12-2-4-14(16)5-3-12/h2-6H,7-11H2,1H3,(H,17,19). The van der Waals surface area contributed by atoms with Gasteiger partial charge < -0.3 is 15.0 Å². The van der Waals surface area contributed by atoms with Crippen LogP contribution in [-0.4, -0.2) is 44.3 Å². The van der Waals surface area contributed by atoms with Crippen molar-refractivity contribution in [3.8, 4) is 0 Å². The molecule has 0 radical (unpaired) electrons. The molecule has 0 aliphatic carbocycles. The fourth-order valence-corrected chi connectivity index (χ4v) is 2.15. The fourth-order valence-electron chi connectivity index (χ4n) is 2.15. The van der Waals surface area contributed by atoms with E-state index in [1.165, 1.54) is 12.1 Å². The summed E-state index contributed by atoms with van der Waals surface area (Å²) in [7, 11) is 1.60. The van der Waals surface area contributed by atoms with Gasteiger partial charge in [-0.25, -0.2) is 9.18 Å². The molecule has 20 heavy (non-hydrogen) atoms. The Bertz CT molecular complexity index is 485. The van der Waals surface area contributed by atoms with Gasteiger partial charge >= 0.3 is 6.03 Å². The Balaban J connectivity index is 1.89. The number of benzene rings is 1. The molecule has 0 aromatic heterocycles. The summed E-state index contributed by atoms with van der Waals surface area (Å²) in [6.45, 7) is 2.27. The highest BCUT2D eigenvalue weighted by Gasteiger charge is 2.17. The van der Waals surface area contributed by atoms with Gasteiger partial charge in [0.25, 0.3) is 0 Å². The van der Waals surface area contributed by atoms with Crippen LogP contribution in [0.1, 0.15) is 12.0 Å². The van der Waals surface area contributed by atoms with Gasteiger partial charge in [-0.15, -0.1) is 0 Å². The van der Waals surface area contributed by atoms with E-state index in [-0.39, 0.29) is 11.8 Å². The third kappa shape index (κ3) is 3.81. The maximum atomic E-state index is 12.9. The van der Waals surface area contributed by atoms with E-state index in [0.29, 0.717) is 26.2 Å². The van der Waals surface area contributed by atoms with Crippen molar-refractivity contribution < 1.29 is 13.9 Å². The number of carbonyl (C=O) groups excluding carboxylic acids is 1. The number of halogens is 1. The van der Waals surface area contributed by atoms with Crippen LogP contribution in [0.15, 0.2) is 30.3 Å². The van der Waals surface area contributed by atoms with Gasteiger partial charge in [0, 0.05) is 26.7 Å². The molecule has 0 saturated heterocycles. The highest BCUT2D eigenvalue weighted by Crippen LogP contribution is 2.22. The van der Waals surface area contributed by atoms with Gasteiger partial charge in [-0.05, 0) is 29.7 Å². The summed E-state index contributed by atoms with van der Waals surface area (Å²) in [6.07, 6.45) is 2.80. The molecule has 0 bridgehead atoms. The second kappa shape index (κ2) is 7.05. The molecule has 1 aromatic carbocycles. The van der Waals surface area contributed by atoms with Gasteiger partial charge in [-0.1, -0.05) is 18.2 Å². The molecular formula is C15H19FN2O2. The molecule has 1 aliphatic rings. The van der Waals surface area contributed by atoms with Crippen molar-refractivity contribution in [1.82, 2.24) is 10.2 Å². The zero-order valence-corrected chi connectivity index (χ0v) is 11.6. The lowest BCUT2D eigenvalue weighted by atomic mass is 10.00. The number of hydrogen-bond donors (Lipinski definition) is 1. The van der Waals surface area contributed by atoms with Gasteiger partial charge in [0.1, 0.15) is 5.82 Å². The summed E-state index contributed by atoms with van der Waals surface area (Å²) in [5.74, 6) is -0.232. The molecule has 1 aromatic rings. The number of amides is 2. The fraction of sp³-hybridized carbons (Fsp3) is 0.400. The van der Waals surface area contributed by atoms with E-state index < -0.39 is 0 Å².